The summed E-state index contributed by atoms with van der Waals surface area (Å²) in [5, 5.41) is 9.99. The zero-order valence-corrected chi connectivity index (χ0v) is 12.1. The van der Waals surface area contributed by atoms with Crippen molar-refractivity contribution in [1.82, 2.24) is 15.5 Å². The van der Waals surface area contributed by atoms with Crippen LogP contribution in [0.1, 0.15) is 51.1 Å². The van der Waals surface area contributed by atoms with Gasteiger partial charge in [0.25, 0.3) is 0 Å². The minimum Gasteiger partial charge on any atom is -0.350 e. The van der Waals surface area contributed by atoms with Gasteiger partial charge in [0, 0.05) is 6.20 Å². The van der Waals surface area contributed by atoms with E-state index in [0.717, 1.165) is 36.8 Å². The smallest absolute Gasteiger partial charge is 0.226 e. The molecule has 4 fully saturated rings. The molecule has 0 saturated heterocycles. The van der Waals surface area contributed by atoms with Crippen molar-refractivity contribution >= 4 is 5.91 Å². The van der Waals surface area contributed by atoms with Crippen LogP contribution < -0.4 is 5.32 Å². The summed E-state index contributed by atoms with van der Waals surface area (Å²) in [6, 6.07) is 1.92. The molecule has 4 aliphatic rings. The van der Waals surface area contributed by atoms with Crippen LogP contribution in [0.25, 0.3) is 0 Å². The number of hydrogen-bond acceptors (Lipinski definition) is 2. The molecule has 1 aromatic heterocycles. The Morgan fingerprint density at radius 2 is 2.15 bits per heavy atom. The zero-order chi connectivity index (χ0) is 13.8. The van der Waals surface area contributed by atoms with E-state index in [9.17, 15) is 4.79 Å². The number of hydrogen-bond donors (Lipinski definition) is 2. The Hall–Kier alpha value is -1.32. The summed E-state index contributed by atoms with van der Waals surface area (Å²) in [6.07, 6.45) is 9.13. The quantitative estimate of drug-likeness (QED) is 0.889. The summed E-state index contributed by atoms with van der Waals surface area (Å²) in [4.78, 5) is 12.8. The number of aromatic nitrogens is 2. The van der Waals surface area contributed by atoms with Crippen LogP contribution in [-0.4, -0.2) is 16.1 Å². The van der Waals surface area contributed by atoms with Crippen molar-refractivity contribution in [2.75, 3.05) is 0 Å². The van der Waals surface area contributed by atoms with E-state index in [1.54, 1.807) is 6.20 Å². The molecule has 4 saturated carbocycles. The van der Waals surface area contributed by atoms with Crippen molar-refractivity contribution in [3.05, 3.63) is 18.0 Å². The number of H-pyrrole nitrogens is 1. The van der Waals surface area contributed by atoms with E-state index in [-0.39, 0.29) is 11.3 Å². The second-order valence-electron chi connectivity index (χ2n) is 7.82. The van der Waals surface area contributed by atoms with Crippen molar-refractivity contribution in [3.8, 4) is 0 Å². The predicted molar refractivity (Wildman–Crippen MR) is 75.7 cm³/mol. The maximum atomic E-state index is 12.8. The van der Waals surface area contributed by atoms with Gasteiger partial charge in [-0.25, -0.2) is 0 Å². The molecule has 20 heavy (non-hydrogen) atoms. The Labute approximate surface area is 119 Å². The van der Waals surface area contributed by atoms with Crippen LogP contribution in [-0.2, 0) is 11.3 Å². The van der Waals surface area contributed by atoms with Crippen LogP contribution in [0.2, 0.25) is 0 Å². The summed E-state index contributed by atoms with van der Waals surface area (Å²) in [5.74, 6) is 1.87. The molecule has 1 heterocycles. The highest BCUT2D eigenvalue weighted by Gasteiger charge is 2.58. The number of aromatic amines is 1. The van der Waals surface area contributed by atoms with E-state index in [1.165, 1.54) is 19.3 Å². The Balaban J connectivity index is 1.51. The normalized spacial score (nSPS) is 41.9. The molecule has 0 radical (unpaired) electrons. The second kappa shape index (κ2) is 4.09. The monoisotopic (exact) mass is 273 g/mol. The summed E-state index contributed by atoms with van der Waals surface area (Å²) >= 11 is 0. The van der Waals surface area contributed by atoms with E-state index < -0.39 is 0 Å². The predicted octanol–water partition coefficient (Wildman–Crippen LogP) is 2.63. The van der Waals surface area contributed by atoms with E-state index in [1.807, 2.05) is 6.07 Å². The van der Waals surface area contributed by atoms with Crippen molar-refractivity contribution in [3.63, 3.8) is 0 Å². The Morgan fingerprint density at radius 1 is 1.40 bits per heavy atom. The van der Waals surface area contributed by atoms with Crippen molar-refractivity contribution in [2.24, 2.45) is 22.7 Å². The minimum absolute atomic E-state index is 0.0706. The highest BCUT2D eigenvalue weighted by atomic mass is 16.2. The molecule has 4 bridgehead atoms. The molecule has 2 unspecified atom stereocenters. The molecule has 4 aliphatic carbocycles. The topological polar surface area (TPSA) is 57.8 Å². The van der Waals surface area contributed by atoms with Crippen molar-refractivity contribution < 1.29 is 4.79 Å². The Kier molecular flexibility index (Phi) is 2.54. The average Bonchev–Trinajstić information content (AvgIpc) is 2.85. The SMILES string of the molecule is CC12CC3CC(C1)CC(C(=O)NCc1ccn[nH]1)(C3)C2. The van der Waals surface area contributed by atoms with Crippen molar-refractivity contribution in [1.29, 1.82) is 0 Å². The van der Waals surface area contributed by atoms with E-state index in [4.69, 9.17) is 0 Å². The Morgan fingerprint density at radius 3 is 2.75 bits per heavy atom. The molecule has 4 heteroatoms. The maximum Gasteiger partial charge on any atom is 0.226 e. The highest BCUT2D eigenvalue weighted by Crippen LogP contribution is 2.65. The van der Waals surface area contributed by atoms with E-state index >= 15 is 0 Å². The molecule has 5 rings (SSSR count). The van der Waals surface area contributed by atoms with E-state index in [0.29, 0.717) is 12.0 Å². The van der Waals surface area contributed by atoms with Crippen LogP contribution in [0.3, 0.4) is 0 Å². The molecule has 0 aliphatic heterocycles. The van der Waals surface area contributed by atoms with Gasteiger partial charge in [0.2, 0.25) is 5.91 Å². The third-order valence-electron chi connectivity index (χ3n) is 5.83. The largest absolute Gasteiger partial charge is 0.350 e. The van der Waals surface area contributed by atoms with Gasteiger partial charge in [-0.05, 0) is 61.8 Å². The first-order valence-electron chi connectivity index (χ1n) is 7.84. The van der Waals surface area contributed by atoms with Gasteiger partial charge >= 0.3 is 0 Å². The molecule has 1 amide bonds. The van der Waals surface area contributed by atoms with Crippen molar-refractivity contribution in [2.45, 2.75) is 52.0 Å². The summed E-state index contributed by atoms with van der Waals surface area (Å²) in [6.45, 7) is 2.98. The van der Waals surface area contributed by atoms with Gasteiger partial charge in [0.1, 0.15) is 0 Å². The molecule has 1 aromatic rings. The molecule has 0 aromatic carbocycles. The Bertz CT molecular complexity index is 508. The van der Waals surface area contributed by atoms with Gasteiger partial charge in [-0.3, -0.25) is 9.89 Å². The summed E-state index contributed by atoms with van der Waals surface area (Å²) in [5.41, 5.74) is 1.34. The third-order valence-corrected chi connectivity index (χ3v) is 5.83. The fraction of sp³-hybridized carbons (Fsp3) is 0.750. The lowest BCUT2D eigenvalue weighted by Gasteiger charge is -2.60. The van der Waals surface area contributed by atoms with Crippen LogP contribution in [0, 0.1) is 22.7 Å². The third kappa shape index (κ3) is 1.88. The highest BCUT2D eigenvalue weighted by molar-refractivity contribution is 5.83. The van der Waals surface area contributed by atoms with Crippen LogP contribution >= 0.6 is 0 Å². The summed E-state index contributed by atoms with van der Waals surface area (Å²) < 4.78 is 0. The number of carbonyl (C=O) groups excluding carboxylic acids is 1. The maximum absolute atomic E-state index is 12.8. The fourth-order valence-electron chi connectivity index (χ4n) is 5.73. The number of amides is 1. The minimum atomic E-state index is -0.0706. The average molecular weight is 273 g/mol. The number of nitrogens with one attached hydrogen (secondary N) is 2. The number of nitrogens with zero attached hydrogens (tertiary/aromatic N) is 1. The standard InChI is InChI=1S/C16H23N3O/c1-15-5-11-4-12(6-15)8-16(7-11,10-15)14(20)17-9-13-2-3-18-19-13/h2-3,11-12H,4-10H2,1H3,(H,17,20)(H,18,19). The summed E-state index contributed by atoms with van der Waals surface area (Å²) in [7, 11) is 0. The van der Waals surface area contributed by atoms with Gasteiger partial charge in [-0.15, -0.1) is 0 Å². The van der Waals surface area contributed by atoms with Crippen LogP contribution in [0.5, 0.6) is 0 Å². The van der Waals surface area contributed by atoms with Gasteiger partial charge in [-0.1, -0.05) is 6.92 Å². The lowest BCUT2D eigenvalue weighted by atomic mass is 9.44. The van der Waals surface area contributed by atoms with Gasteiger partial charge < -0.3 is 5.32 Å². The molecule has 4 nitrogen and oxygen atoms in total. The van der Waals surface area contributed by atoms with Gasteiger partial charge in [0.05, 0.1) is 17.7 Å². The molecule has 2 N–H and O–H groups in total. The van der Waals surface area contributed by atoms with Crippen LogP contribution in [0.15, 0.2) is 12.3 Å². The van der Waals surface area contributed by atoms with Crippen LogP contribution in [0.4, 0.5) is 0 Å². The first-order chi connectivity index (χ1) is 9.57. The second-order valence-corrected chi connectivity index (χ2v) is 7.82. The zero-order valence-electron chi connectivity index (χ0n) is 12.1. The van der Waals surface area contributed by atoms with Gasteiger partial charge in [0.15, 0.2) is 0 Å². The van der Waals surface area contributed by atoms with E-state index in [2.05, 4.69) is 22.4 Å². The fourth-order valence-corrected chi connectivity index (χ4v) is 5.73. The van der Waals surface area contributed by atoms with Gasteiger partial charge in [-0.2, -0.15) is 5.10 Å². The molecule has 2 atom stereocenters. The molecule has 0 spiro atoms. The molecular weight excluding hydrogens is 250 g/mol. The lowest BCUT2D eigenvalue weighted by molar-refractivity contribution is -0.155. The number of carbonyl (C=O) groups is 1. The first kappa shape index (κ1) is 12.4. The first-order valence-corrected chi connectivity index (χ1v) is 7.84. The number of rotatable bonds is 3. The molecular formula is C16H23N3O. The molecule has 108 valence electrons. The lowest BCUT2D eigenvalue weighted by Crippen LogP contribution is -2.56.